The highest BCUT2D eigenvalue weighted by Crippen LogP contribution is 2.26. The molecule has 5 heteroatoms. The van der Waals surface area contributed by atoms with E-state index >= 15 is 0 Å². The molecule has 0 heterocycles. The first-order valence-corrected chi connectivity index (χ1v) is 6.73. The summed E-state index contributed by atoms with van der Waals surface area (Å²) < 4.78 is 0.850. The van der Waals surface area contributed by atoms with Crippen molar-refractivity contribution in [3.63, 3.8) is 0 Å². The predicted octanol–water partition coefficient (Wildman–Crippen LogP) is 3.85. The molecule has 2 N–H and O–H groups in total. The zero-order valence-electron chi connectivity index (χ0n) is 9.86. The lowest BCUT2D eigenvalue weighted by Gasteiger charge is -2.08. The van der Waals surface area contributed by atoms with Gasteiger partial charge in [0.1, 0.15) is 0 Å². The predicted molar refractivity (Wildman–Crippen MR) is 79.5 cm³/mol. The monoisotopic (exact) mass is 339 g/mol. The number of carbonyl (C=O) groups excluding carboxylic acids is 1. The van der Waals surface area contributed by atoms with Gasteiger partial charge in [-0.05, 0) is 35.9 Å². The van der Waals surface area contributed by atoms with Gasteiger partial charge in [-0.1, -0.05) is 39.7 Å². The zero-order chi connectivity index (χ0) is 13.8. The van der Waals surface area contributed by atoms with Gasteiger partial charge in [-0.2, -0.15) is 0 Å². The molecule has 2 aromatic carbocycles. The Balaban J connectivity index is 2.15. The summed E-state index contributed by atoms with van der Waals surface area (Å²) in [5.41, 5.74) is 1.83. The van der Waals surface area contributed by atoms with Gasteiger partial charge in [0.05, 0.1) is 17.3 Å². The number of benzene rings is 2. The van der Waals surface area contributed by atoms with Crippen LogP contribution in [0.4, 0.5) is 5.69 Å². The summed E-state index contributed by atoms with van der Waals surface area (Å²) in [6.07, 6.45) is 0. The second kappa shape index (κ2) is 6.19. The van der Waals surface area contributed by atoms with Gasteiger partial charge in [-0.15, -0.1) is 0 Å². The van der Waals surface area contributed by atoms with Gasteiger partial charge in [0, 0.05) is 10.0 Å². The van der Waals surface area contributed by atoms with Gasteiger partial charge in [0.15, 0.2) is 0 Å². The summed E-state index contributed by atoms with van der Waals surface area (Å²) in [6, 6.07) is 12.0. The third-order valence-corrected chi connectivity index (χ3v) is 3.38. The Morgan fingerprint density at radius 2 is 1.89 bits per heavy atom. The molecule has 0 aliphatic carbocycles. The van der Waals surface area contributed by atoms with Crippen LogP contribution in [0.1, 0.15) is 15.9 Å². The largest absolute Gasteiger partial charge is 0.392 e. The number of nitrogens with one attached hydrogen (secondary N) is 1. The van der Waals surface area contributed by atoms with E-state index in [0.29, 0.717) is 16.3 Å². The maximum Gasteiger partial charge on any atom is 0.255 e. The minimum atomic E-state index is -0.242. The van der Waals surface area contributed by atoms with Crippen molar-refractivity contribution in [3.05, 3.63) is 63.1 Å². The Hall–Kier alpha value is -1.36. The van der Waals surface area contributed by atoms with Crippen molar-refractivity contribution in [1.29, 1.82) is 0 Å². The summed E-state index contributed by atoms with van der Waals surface area (Å²) in [4.78, 5) is 12.0. The molecular formula is C14H11BrClNO2. The van der Waals surface area contributed by atoms with Crippen molar-refractivity contribution in [1.82, 2.24) is 0 Å². The second-order valence-electron chi connectivity index (χ2n) is 3.93. The number of rotatable bonds is 3. The highest BCUT2D eigenvalue weighted by atomic mass is 79.9. The third-order valence-electron chi connectivity index (χ3n) is 2.58. The van der Waals surface area contributed by atoms with E-state index in [1.54, 1.807) is 42.5 Å². The van der Waals surface area contributed by atoms with Crippen LogP contribution in [0.3, 0.4) is 0 Å². The maximum atomic E-state index is 12.0. The molecule has 0 saturated heterocycles. The summed E-state index contributed by atoms with van der Waals surface area (Å²) in [5.74, 6) is -0.242. The number of hydrogen-bond acceptors (Lipinski definition) is 2. The molecule has 0 saturated carbocycles. The Bertz CT molecular complexity index is 599. The van der Waals surface area contributed by atoms with Crippen LogP contribution in [0, 0.1) is 0 Å². The highest BCUT2D eigenvalue weighted by molar-refractivity contribution is 9.10. The molecule has 0 atom stereocenters. The Morgan fingerprint density at radius 3 is 2.47 bits per heavy atom. The zero-order valence-corrected chi connectivity index (χ0v) is 12.2. The van der Waals surface area contributed by atoms with Crippen molar-refractivity contribution < 1.29 is 9.90 Å². The number of aliphatic hydroxyl groups excluding tert-OH is 1. The van der Waals surface area contributed by atoms with Gasteiger partial charge in [-0.3, -0.25) is 4.79 Å². The molecule has 0 bridgehead atoms. The van der Waals surface area contributed by atoms with E-state index in [1.807, 2.05) is 0 Å². The standard InChI is InChI=1S/C14H11BrClNO2/c15-11-5-6-13(12(16)7-11)17-14(19)10-3-1-9(8-18)2-4-10/h1-7,18H,8H2,(H,17,19). The lowest BCUT2D eigenvalue weighted by molar-refractivity contribution is 0.102. The van der Waals surface area contributed by atoms with E-state index in [0.717, 1.165) is 10.0 Å². The average Bonchev–Trinajstić information content (AvgIpc) is 2.42. The Kier molecular flexibility index (Phi) is 4.58. The van der Waals surface area contributed by atoms with E-state index in [2.05, 4.69) is 21.2 Å². The van der Waals surface area contributed by atoms with Crippen molar-refractivity contribution in [2.75, 3.05) is 5.32 Å². The SMILES string of the molecule is O=C(Nc1ccc(Br)cc1Cl)c1ccc(CO)cc1. The fourth-order valence-corrected chi connectivity index (χ4v) is 2.27. The lowest BCUT2D eigenvalue weighted by atomic mass is 10.1. The van der Waals surface area contributed by atoms with Crippen LogP contribution in [-0.2, 0) is 6.61 Å². The van der Waals surface area contributed by atoms with E-state index in [4.69, 9.17) is 16.7 Å². The molecule has 1 amide bonds. The average molecular weight is 341 g/mol. The quantitative estimate of drug-likeness (QED) is 0.891. The molecule has 0 spiro atoms. The van der Waals surface area contributed by atoms with Crippen LogP contribution >= 0.6 is 27.5 Å². The first kappa shape index (κ1) is 14.1. The summed E-state index contributed by atoms with van der Waals surface area (Å²) in [7, 11) is 0. The first-order chi connectivity index (χ1) is 9.10. The van der Waals surface area contributed by atoms with Crippen molar-refractivity contribution in [2.24, 2.45) is 0 Å². The summed E-state index contributed by atoms with van der Waals surface area (Å²) >= 11 is 9.33. The molecule has 19 heavy (non-hydrogen) atoms. The number of halogens is 2. The van der Waals surface area contributed by atoms with E-state index in [9.17, 15) is 4.79 Å². The Morgan fingerprint density at radius 1 is 1.21 bits per heavy atom. The van der Waals surface area contributed by atoms with E-state index < -0.39 is 0 Å². The Labute approximate surface area is 124 Å². The molecule has 0 radical (unpaired) electrons. The molecule has 98 valence electrons. The highest BCUT2D eigenvalue weighted by Gasteiger charge is 2.08. The fourth-order valence-electron chi connectivity index (χ4n) is 1.55. The normalized spacial score (nSPS) is 10.3. The number of carbonyl (C=O) groups is 1. The number of amides is 1. The molecule has 2 rings (SSSR count). The van der Waals surface area contributed by atoms with Crippen molar-refractivity contribution in [3.8, 4) is 0 Å². The molecule has 0 unspecified atom stereocenters. The molecule has 0 aliphatic heterocycles. The number of aliphatic hydroxyl groups is 1. The van der Waals surface area contributed by atoms with Crippen LogP contribution in [-0.4, -0.2) is 11.0 Å². The van der Waals surface area contributed by atoms with Crippen LogP contribution in [0.25, 0.3) is 0 Å². The minimum Gasteiger partial charge on any atom is -0.392 e. The minimum absolute atomic E-state index is 0.0412. The maximum absolute atomic E-state index is 12.0. The van der Waals surface area contributed by atoms with Crippen LogP contribution in [0.15, 0.2) is 46.9 Å². The first-order valence-electron chi connectivity index (χ1n) is 5.56. The second-order valence-corrected chi connectivity index (χ2v) is 5.26. The summed E-state index contributed by atoms with van der Waals surface area (Å²) in [5, 5.41) is 12.1. The van der Waals surface area contributed by atoms with Crippen molar-refractivity contribution >= 4 is 39.1 Å². The van der Waals surface area contributed by atoms with Gasteiger partial charge in [0.25, 0.3) is 5.91 Å². The molecule has 0 fully saturated rings. The van der Waals surface area contributed by atoms with Crippen LogP contribution in [0.2, 0.25) is 5.02 Å². The van der Waals surface area contributed by atoms with Crippen LogP contribution < -0.4 is 5.32 Å². The van der Waals surface area contributed by atoms with Gasteiger partial charge < -0.3 is 10.4 Å². The topological polar surface area (TPSA) is 49.3 Å². The lowest BCUT2D eigenvalue weighted by Crippen LogP contribution is -2.12. The van der Waals surface area contributed by atoms with Crippen molar-refractivity contribution in [2.45, 2.75) is 6.61 Å². The molecule has 2 aromatic rings. The smallest absolute Gasteiger partial charge is 0.255 e. The van der Waals surface area contributed by atoms with Gasteiger partial charge in [0.2, 0.25) is 0 Å². The number of anilines is 1. The van der Waals surface area contributed by atoms with Gasteiger partial charge >= 0.3 is 0 Å². The van der Waals surface area contributed by atoms with Crippen LogP contribution in [0.5, 0.6) is 0 Å². The molecule has 0 aliphatic rings. The van der Waals surface area contributed by atoms with E-state index in [1.165, 1.54) is 0 Å². The molecule has 3 nitrogen and oxygen atoms in total. The number of hydrogen-bond donors (Lipinski definition) is 2. The molecular weight excluding hydrogens is 330 g/mol. The fraction of sp³-hybridized carbons (Fsp3) is 0.0714. The third kappa shape index (κ3) is 3.56. The summed E-state index contributed by atoms with van der Waals surface area (Å²) in [6.45, 7) is -0.0412. The van der Waals surface area contributed by atoms with E-state index in [-0.39, 0.29) is 12.5 Å². The molecule has 0 aromatic heterocycles. The van der Waals surface area contributed by atoms with Gasteiger partial charge in [-0.25, -0.2) is 0 Å².